The maximum Gasteiger partial charge on any atom is 0.255 e. The third kappa shape index (κ3) is 3.14. The summed E-state index contributed by atoms with van der Waals surface area (Å²) in [7, 11) is 0. The van der Waals surface area contributed by atoms with Gasteiger partial charge < -0.3 is 15.5 Å². The Kier molecular flexibility index (Phi) is 4.44. The molecule has 3 fully saturated rings. The summed E-state index contributed by atoms with van der Waals surface area (Å²) in [6.07, 6.45) is 6.27. The Hall–Kier alpha value is -1.26. The van der Waals surface area contributed by atoms with Gasteiger partial charge in [0.15, 0.2) is 0 Å². The van der Waals surface area contributed by atoms with Crippen molar-refractivity contribution in [1.29, 1.82) is 0 Å². The summed E-state index contributed by atoms with van der Waals surface area (Å²) in [5.74, 6) is 1.24. The highest BCUT2D eigenvalue weighted by Gasteiger charge is 2.42. The molecule has 5 heteroatoms. The van der Waals surface area contributed by atoms with Gasteiger partial charge in [0.25, 0.3) is 5.91 Å². The van der Waals surface area contributed by atoms with Gasteiger partial charge in [0.1, 0.15) is 0 Å². The zero-order chi connectivity index (χ0) is 16.7. The summed E-state index contributed by atoms with van der Waals surface area (Å²) >= 11 is 6.36. The number of nitrogens with two attached hydrogens (primary N) is 1. The Morgan fingerprint density at radius 3 is 2.58 bits per heavy atom. The van der Waals surface area contributed by atoms with Gasteiger partial charge >= 0.3 is 0 Å². The van der Waals surface area contributed by atoms with E-state index in [1.54, 1.807) is 0 Å². The molecule has 4 nitrogen and oxygen atoms in total. The number of piperidine rings is 1. The standard InChI is InChI=1S/C19H26ClN3O/c20-17-7-6-14(22-8-2-1-3-9-22)10-15(17)19(24)23-11-16(13-4-5-13)18(21)12-23/h6-7,10,13,16,18H,1-5,8-9,11-12,21H2/t16-,18+/m0/s1. The van der Waals surface area contributed by atoms with Crippen molar-refractivity contribution in [2.75, 3.05) is 31.1 Å². The van der Waals surface area contributed by atoms with Gasteiger partial charge in [0.05, 0.1) is 10.6 Å². The fraction of sp³-hybridized carbons (Fsp3) is 0.632. The molecule has 130 valence electrons. The summed E-state index contributed by atoms with van der Waals surface area (Å²) in [5, 5.41) is 0.546. The third-order valence-electron chi connectivity index (χ3n) is 5.83. The summed E-state index contributed by atoms with van der Waals surface area (Å²) in [4.78, 5) is 17.3. The molecule has 1 aliphatic carbocycles. The molecule has 1 aromatic carbocycles. The highest BCUT2D eigenvalue weighted by atomic mass is 35.5. The van der Waals surface area contributed by atoms with Crippen LogP contribution in [0.3, 0.4) is 0 Å². The van der Waals surface area contributed by atoms with Crippen LogP contribution in [0.2, 0.25) is 5.02 Å². The second kappa shape index (κ2) is 6.57. The minimum atomic E-state index is 0.0393. The van der Waals surface area contributed by atoms with Crippen molar-refractivity contribution in [2.45, 2.75) is 38.1 Å². The Morgan fingerprint density at radius 1 is 1.12 bits per heavy atom. The number of rotatable bonds is 3. The number of anilines is 1. The van der Waals surface area contributed by atoms with Crippen molar-refractivity contribution in [1.82, 2.24) is 4.90 Å². The molecular weight excluding hydrogens is 322 g/mol. The van der Waals surface area contributed by atoms with Gasteiger partial charge in [-0.05, 0) is 62.1 Å². The summed E-state index contributed by atoms with van der Waals surface area (Å²) in [5.41, 5.74) is 8.02. The molecule has 2 heterocycles. The highest BCUT2D eigenvalue weighted by Crippen LogP contribution is 2.41. The number of hydrogen-bond donors (Lipinski definition) is 1. The zero-order valence-corrected chi connectivity index (χ0v) is 14.8. The average Bonchev–Trinajstić information content (AvgIpc) is 3.37. The molecule has 24 heavy (non-hydrogen) atoms. The van der Waals surface area contributed by atoms with Crippen molar-refractivity contribution in [3.8, 4) is 0 Å². The van der Waals surface area contributed by atoms with Gasteiger partial charge in [-0.25, -0.2) is 0 Å². The predicted molar refractivity (Wildman–Crippen MR) is 97.6 cm³/mol. The van der Waals surface area contributed by atoms with E-state index in [1.165, 1.54) is 32.1 Å². The smallest absolute Gasteiger partial charge is 0.255 e. The van der Waals surface area contributed by atoms with Crippen molar-refractivity contribution in [3.05, 3.63) is 28.8 Å². The maximum absolute atomic E-state index is 13.0. The fourth-order valence-corrected chi connectivity index (χ4v) is 4.44. The number of halogens is 1. The van der Waals surface area contributed by atoms with E-state index in [-0.39, 0.29) is 11.9 Å². The largest absolute Gasteiger partial charge is 0.372 e. The summed E-state index contributed by atoms with van der Waals surface area (Å²) < 4.78 is 0. The molecule has 0 aromatic heterocycles. The summed E-state index contributed by atoms with van der Waals surface area (Å²) in [6, 6.07) is 6.00. The third-order valence-corrected chi connectivity index (χ3v) is 6.16. The Morgan fingerprint density at radius 2 is 1.88 bits per heavy atom. The van der Waals surface area contributed by atoms with E-state index in [1.807, 2.05) is 23.1 Å². The highest BCUT2D eigenvalue weighted by molar-refractivity contribution is 6.34. The van der Waals surface area contributed by atoms with Crippen LogP contribution >= 0.6 is 11.6 Å². The maximum atomic E-state index is 13.0. The normalized spacial score (nSPS) is 27.6. The molecular formula is C19H26ClN3O. The lowest BCUT2D eigenvalue weighted by Gasteiger charge is -2.29. The van der Waals surface area contributed by atoms with Gasteiger partial charge in [-0.2, -0.15) is 0 Å². The minimum absolute atomic E-state index is 0.0393. The second-order valence-electron chi connectivity index (χ2n) is 7.59. The lowest BCUT2D eigenvalue weighted by Crippen LogP contribution is -2.33. The van der Waals surface area contributed by atoms with E-state index in [4.69, 9.17) is 17.3 Å². The molecule has 0 radical (unpaired) electrons. The van der Waals surface area contributed by atoms with Crippen LogP contribution in [0, 0.1) is 11.8 Å². The number of likely N-dealkylation sites (tertiary alicyclic amines) is 1. The van der Waals surface area contributed by atoms with Crippen LogP contribution in [0.4, 0.5) is 5.69 Å². The topological polar surface area (TPSA) is 49.6 Å². The van der Waals surface area contributed by atoms with Crippen molar-refractivity contribution in [2.24, 2.45) is 17.6 Å². The zero-order valence-electron chi connectivity index (χ0n) is 14.1. The summed E-state index contributed by atoms with van der Waals surface area (Å²) in [6.45, 7) is 3.57. The van der Waals surface area contributed by atoms with Crippen molar-refractivity contribution in [3.63, 3.8) is 0 Å². The first-order valence-corrected chi connectivity index (χ1v) is 9.60. The van der Waals surface area contributed by atoms with Gasteiger partial charge in [-0.3, -0.25) is 4.79 Å². The van der Waals surface area contributed by atoms with Crippen LogP contribution < -0.4 is 10.6 Å². The number of benzene rings is 1. The Bertz CT molecular complexity index is 625. The molecule has 2 aliphatic heterocycles. The van der Waals surface area contributed by atoms with Crippen LogP contribution in [-0.2, 0) is 0 Å². The van der Waals surface area contributed by atoms with Crippen LogP contribution in [-0.4, -0.2) is 43.0 Å². The predicted octanol–water partition coefficient (Wildman–Crippen LogP) is 3.14. The quantitative estimate of drug-likeness (QED) is 0.913. The monoisotopic (exact) mass is 347 g/mol. The van der Waals surface area contributed by atoms with Crippen molar-refractivity contribution >= 4 is 23.2 Å². The lowest BCUT2D eigenvalue weighted by atomic mass is 9.99. The molecule has 0 spiro atoms. The number of carbonyl (C=O) groups is 1. The molecule has 0 unspecified atom stereocenters. The molecule has 3 aliphatic rings. The van der Waals surface area contributed by atoms with E-state index in [2.05, 4.69) is 4.90 Å². The average molecular weight is 348 g/mol. The lowest BCUT2D eigenvalue weighted by molar-refractivity contribution is 0.0785. The van der Waals surface area contributed by atoms with Crippen molar-refractivity contribution < 1.29 is 4.79 Å². The number of amides is 1. The van der Waals surface area contributed by atoms with Gasteiger partial charge in [0, 0.05) is 37.9 Å². The minimum Gasteiger partial charge on any atom is -0.372 e. The molecule has 1 saturated carbocycles. The number of nitrogens with zero attached hydrogens (tertiary/aromatic N) is 2. The van der Waals surface area contributed by atoms with Crippen LogP contribution in [0.25, 0.3) is 0 Å². The van der Waals surface area contributed by atoms with Gasteiger partial charge in [-0.15, -0.1) is 0 Å². The van der Waals surface area contributed by atoms with E-state index in [0.29, 0.717) is 23.0 Å². The molecule has 0 bridgehead atoms. The molecule has 2 atom stereocenters. The molecule has 2 saturated heterocycles. The molecule has 1 aromatic rings. The van der Waals surface area contributed by atoms with Crippen LogP contribution in [0.15, 0.2) is 18.2 Å². The Balaban J connectivity index is 1.53. The van der Waals surface area contributed by atoms with Crippen LogP contribution in [0.1, 0.15) is 42.5 Å². The SMILES string of the molecule is N[C@@H]1CN(C(=O)c2cc(N3CCCCC3)ccc2Cl)C[C@H]1C1CC1. The Labute approximate surface area is 148 Å². The first-order chi connectivity index (χ1) is 11.6. The van der Waals surface area contributed by atoms with Gasteiger partial charge in [0.2, 0.25) is 0 Å². The molecule has 2 N–H and O–H groups in total. The van der Waals surface area contributed by atoms with E-state index in [9.17, 15) is 4.79 Å². The van der Waals surface area contributed by atoms with Gasteiger partial charge in [-0.1, -0.05) is 11.6 Å². The van der Waals surface area contributed by atoms with E-state index < -0.39 is 0 Å². The first kappa shape index (κ1) is 16.2. The molecule has 1 amide bonds. The fourth-order valence-electron chi connectivity index (χ4n) is 4.24. The first-order valence-electron chi connectivity index (χ1n) is 9.23. The van der Waals surface area contributed by atoms with E-state index >= 15 is 0 Å². The molecule has 4 rings (SSSR count). The van der Waals surface area contributed by atoms with E-state index in [0.717, 1.165) is 31.2 Å². The van der Waals surface area contributed by atoms with Crippen LogP contribution in [0.5, 0.6) is 0 Å². The number of carbonyl (C=O) groups excluding carboxylic acids is 1. The number of hydrogen-bond acceptors (Lipinski definition) is 3. The second-order valence-corrected chi connectivity index (χ2v) is 7.99.